The van der Waals surface area contributed by atoms with Crippen LogP contribution in [-0.2, 0) is 6.61 Å². The van der Waals surface area contributed by atoms with E-state index in [-0.39, 0.29) is 12.5 Å². The molecule has 0 atom stereocenters. The van der Waals surface area contributed by atoms with E-state index in [0.29, 0.717) is 33.5 Å². The van der Waals surface area contributed by atoms with Crippen LogP contribution in [0, 0.1) is 6.92 Å². The molecule has 3 N–H and O–H groups in total. The fourth-order valence-electron chi connectivity index (χ4n) is 3.00. The molecule has 2 heterocycles. The first-order valence-corrected chi connectivity index (χ1v) is 9.30. The molecule has 0 saturated heterocycles. The van der Waals surface area contributed by atoms with Crippen LogP contribution < -0.4 is 15.8 Å². The van der Waals surface area contributed by atoms with Crippen molar-refractivity contribution in [1.29, 1.82) is 0 Å². The number of nitrogens with zero attached hydrogens (tertiary/aromatic N) is 1. The van der Waals surface area contributed by atoms with E-state index < -0.39 is 0 Å². The molecule has 29 heavy (non-hydrogen) atoms. The zero-order valence-corrected chi connectivity index (χ0v) is 16.4. The number of halogens is 1. The Hall–Kier alpha value is -3.51. The SMILES string of the molecule is Cc1cc(N)c2cc(NC(=O)c3ccoc3COc3ccc(Cl)cc3)ccc2n1. The molecule has 1 amide bonds. The Bertz CT molecular complexity index is 1190. The molecule has 2 aromatic heterocycles. The molecular weight excluding hydrogens is 390 g/mol. The molecule has 0 aliphatic heterocycles. The first kappa shape index (κ1) is 18.8. The van der Waals surface area contributed by atoms with Crippen molar-refractivity contribution >= 4 is 39.8 Å². The number of ether oxygens (including phenoxy) is 1. The van der Waals surface area contributed by atoms with Crippen LogP contribution in [0.2, 0.25) is 5.02 Å². The van der Waals surface area contributed by atoms with Crippen LogP contribution in [0.4, 0.5) is 11.4 Å². The monoisotopic (exact) mass is 407 g/mol. The van der Waals surface area contributed by atoms with E-state index in [4.69, 9.17) is 26.5 Å². The second-order valence-electron chi connectivity index (χ2n) is 6.54. The predicted octanol–water partition coefficient (Wildman–Crippen LogP) is 5.20. The van der Waals surface area contributed by atoms with E-state index in [9.17, 15) is 4.79 Å². The number of nitrogen functional groups attached to an aromatic ring is 1. The minimum Gasteiger partial charge on any atom is -0.486 e. The molecule has 0 radical (unpaired) electrons. The molecule has 7 heteroatoms. The van der Waals surface area contributed by atoms with Crippen molar-refractivity contribution in [3.63, 3.8) is 0 Å². The van der Waals surface area contributed by atoms with Crippen LogP contribution in [0.15, 0.2) is 65.3 Å². The van der Waals surface area contributed by atoms with E-state index in [2.05, 4.69) is 10.3 Å². The lowest BCUT2D eigenvalue weighted by molar-refractivity contribution is 0.102. The van der Waals surface area contributed by atoms with Gasteiger partial charge in [0.25, 0.3) is 5.91 Å². The van der Waals surface area contributed by atoms with Crippen LogP contribution in [0.3, 0.4) is 0 Å². The number of nitrogens with two attached hydrogens (primary N) is 1. The Balaban J connectivity index is 1.50. The number of anilines is 2. The van der Waals surface area contributed by atoms with Crippen molar-refractivity contribution in [2.45, 2.75) is 13.5 Å². The lowest BCUT2D eigenvalue weighted by Gasteiger charge is -2.09. The van der Waals surface area contributed by atoms with Gasteiger partial charge in [-0.3, -0.25) is 9.78 Å². The Morgan fingerprint density at radius 1 is 1.17 bits per heavy atom. The van der Waals surface area contributed by atoms with Gasteiger partial charge in [-0.05, 0) is 61.5 Å². The van der Waals surface area contributed by atoms with Gasteiger partial charge in [-0.2, -0.15) is 0 Å². The highest BCUT2D eigenvalue weighted by Gasteiger charge is 2.16. The summed E-state index contributed by atoms with van der Waals surface area (Å²) in [5.41, 5.74) is 9.34. The van der Waals surface area contributed by atoms with E-state index in [1.54, 1.807) is 48.5 Å². The molecule has 0 spiro atoms. The largest absolute Gasteiger partial charge is 0.486 e. The van der Waals surface area contributed by atoms with E-state index in [1.807, 2.05) is 13.0 Å². The molecule has 0 bridgehead atoms. The average molecular weight is 408 g/mol. The number of aromatic nitrogens is 1. The molecule has 0 saturated carbocycles. The highest BCUT2D eigenvalue weighted by Crippen LogP contribution is 2.25. The Morgan fingerprint density at radius 2 is 1.97 bits per heavy atom. The summed E-state index contributed by atoms with van der Waals surface area (Å²) in [7, 11) is 0. The van der Waals surface area contributed by atoms with Gasteiger partial charge in [0.15, 0.2) is 5.76 Å². The van der Waals surface area contributed by atoms with Gasteiger partial charge in [-0.15, -0.1) is 0 Å². The van der Waals surface area contributed by atoms with E-state index in [0.717, 1.165) is 16.6 Å². The maximum absolute atomic E-state index is 12.7. The minimum absolute atomic E-state index is 0.116. The third-order valence-electron chi connectivity index (χ3n) is 4.40. The number of carbonyl (C=O) groups excluding carboxylic acids is 1. The highest BCUT2D eigenvalue weighted by atomic mass is 35.5. The van der Waals surface area contributed by atoms with Crippen molar-refractivity contribution in [2.75, 3.05) is 11.1 Å². The van der Waals surface area contributed by atoms with Gasteiger partial charge in [0.2, 0.25) is 0 Å². The third kappa shape index (κ3) is 4.17. The summed E-state index contributed by atoms with van der Waals surface area (Å²) >= 11 is 5.87. The van der Waals surface area contributed by atoms with Crippen LogP contribution in [0.1, 0.15) is 21.8 Å². The highest BCUT2D eigenvalue weighted by molar-refractivity contribution is 6.30. The lowest BCUT2D eigenvalue weighted by atomic mass is 10.1. The number of carbonyl (C=O) groups is 1. The third-order valence-corrected chi connectivity index (χ3v) is 4.65. The molecule has 0 aliphatic carbocycles. The number of rotatable bonds is 5. The zero-order chi connectivity index (χ0) is 20.4. The number of aryl methyl sites for hydroxylation is 1. The summed E-state index contributed by atoms with van der Waals surface area (Å²) in [6, 6.07) is 15.8. The van der Waals surface area contributed by atoms with Crippen LogP contribution in [0.5, 0.6) is 5.75 Å². The predicted molar refractivity (Wildman–Crippen MR) is 113 cm³/mol. The molecule has 146 valence electrons. The summed E-state index contributed by atoms with van der Waals surface area (Å²) in [6.45, 7) is 2.00. The molecule has 6 nitrogen and oxygen atoms in total. The molecule has 2 aromatic carbocycles. The van der Waals surface area contributed by atoms with Gasteiger partial charge in [0.05, 0.1) is 17.3 Å². The topological polar surface area (TPSA) is 90.4 Å². The van der Waals surface area contributed by atoms with Gasteiger partial charge < -0.3 is 20.2 Å². The number of furan rings is 1. The number of fused-ring (bicyclic) bond motifs is 1. The van der Waals surface area contributed by atoms with Crippen molar-refractivity contribution < 1.29 is 13.9 Å². The molecule has 0 fully saturated rings. The van der Waals surface area contributed by atoms with Gasteiger partial charge in [-0.1, -0.05) is 11.6 Å². The maximum atomic E-state index is 12.7. The Labute approximate surface area is 172 Å². The van der Waals surface area contributed by atoms with Crippen molar-refractivity contribution in [2.24, 2.45) is 0 Å². The van der Waals surface area contributed by atoms with Gasteiger partial charge in [-0.25, -0.2) is 0 Å². The summed E-state index contributed by atoms with van der Waals surface area (Å²) in [6.07, 6.45) is 1.46. The maximum Gasteiger partial charge on any atom is 0.259 e. The molecule has 4 rings (SSSR count). The first-order chi connectivity index (χ1) is 14.0. The quantitative estimate of drug-likeness (QED) is 0.474. The van der Waals surface area contributed by atoms with Crippen LogP contribution >= 0.6 is 11.6 Å². The van der Waals surface area contributed by atoms with Crippen molar-refractivity contribution in [1.82, 2.24) is 4.98 Å². The molecular formula is C22H18ClN3O3. The number of benzene rings is 2. The lowest BCUT2D eigenvalue weighted by Crippen LogP contribution is -2.13. The van der Waals surface area contributed by atoms with Gasteiger partial charge >= 0.3 is 0 Å². The number of hydrogen-bond donors (Lipinski definition) is 2. The second-order valence-corrected chi connectivity index (χ2v) is 6.98. The molecule has 0 unspecified atom stereocenters. The summed E-state index contributed by atoms with van der Waals surface area (Å²) in [5, 5.41) is 4.28. The first-order valence-electron chi connectivity index (χ1n) is 8.92. The zero-order valence-electron chi connectivity index (χ0n) is 15.6. The summed E-state index contributed by atoms with van der Waals surface area (Å²) < 4.78 is 11.1. The minimum atomic E-state index is -0.300. The normalized spacial score (nSPS) is 10.8. The fraction of sp³-hybridized carbons (Fsp3) is 0.0909. The number of nitrogens with one attached hydrogen (secondary N) is 1. The number of amides is 1. The second kappa shape index (κ2) is 7.85. The molecule has 4 aromatic rings. The Morgan fingerprint density at radius 3 is 2.76 bits per heavy atom. The van der Waals surface area contributed by atoms with Gasteiger partial charge in [0.1, 0.15) is 12.4 Å². The van der Waals surface area contributed by atoms with E-state index >= 15 is 0 Å². The number of hydrogen-bond acceptors (Lipinski definition) is 5. The van der Waals surface area contributed by atoms with E-state index in [1.165, 1.54) is 6.26 Å². The van der Waals surface area contributed by atoms with Crippen LogP contribution in [0.25, 0.3) is 10.9 Å². The van der Waals surface area contributed by atoms with Crippen molar-refractivity contribution in [3.05, 3.63) is 82.9 Å². The standard InChI is InChI=1S/C22H18ClN3O3/c1-13-10-19(24)18-11-15(4-7-20(18)25-13)26-22(27)17-8-9-28-21(17)12-29-16-5-2-14(23)3-6-16/h2-11H,12H2,1H3,(H2,24,25)(H,26,27). The summed E-state index contributed by atoms with van der Waals surface area (Å²) in [5.74, 6) is 0.756. The number of pyridine rings is 1. The fourth-order valence-corrected chi connectivity index (χ4v) is 3.13. The molecule has 0 aliphatic rings. The van der Waals surface area contributed by atoms with Crippen molar-refractivity contribution in [3.8, 4) is 5.75 Å². The van der Waals surface area contributed by atoms with Crippen LogP contribution in [-0.4, -0.2) is 10.9 Å². The van der Waals surface area contributed by atoms with Gasteiger partial charge in [0, 0.05) is 27.5 Å². The summed E-state index contributed by atoms with van der Waals surface area (Å²) in [4.78, 5) is 17.2. The smallest absolute Gasteiger partial charge is 0.259 e. The Kier molecular flexibility index (Phi) is 5.10. The average Bonchev–Trinajstić information content (AvgIpc) is 3.17.